The van der Waals surface area contributed by atoms with Crippen LogP contribution < -0.4 is 5.32 Å². The van der Waals surface area contributed by atoms with E-state index in [0.29, 0.717) is 18.3 Å². The standard InChI is InChI=1S/C24H31N5O2/c1-28-15-25-11-19(28)14-29-12-17-7-22(23(31-2)8-18(17)13-29)27-24(30)9-16-10-26-21-6-4-3-5-20(16)21/h3-6,10-11,15,17-18,22-23,26H,7-9,12-14H2,1-2H3,(H,27,30)/t17-,18+,22-,23-/m0/s1. The van der Waals surface area contributed by atoms with Gasteiger partial charge in [-0.15, -0.1) is 0 Å². The predicted molar refractivity (Wildman–Crippen MR) is 119 cm³/mol. The summed E-state index contributed by atoms with van der Waals surface area (Å²) in [5, 5.41) is 4.41. The third-order valence-corrected chi connectivity index (χ3v) is 7.17. The number of fused-ring (bicyclic) bond motifs is 2. The average molecular weight is 422 g/mol. The number of aromatic amines is 1. The van der Waals surface area contributed by atoms with Crippen LogP contribution in [-0.2, 0) is 29.5 Å². The lowest BCUT2D eigenvalue weighted by Crippen LogP contribution is -2.50. The van der Waals surface area contributed by atoms with Crippen LogP contribution >= 0.6 is 0 Å². The van der Waals surface area contributed by atoms with E-state index in [1.54, 1.807) is 7.11 Å². The summed E-state index contributed by atoms with van der Waals surface area (Å²) >= 11 is 0. The van der Waals surface area contributed by atoms with Crippen molar-refractivity contribution >= 4 is 16.8 Å². The molecule has 2 aliphatic rings. The first-order valence-electron chi connectivity index (χ1n) is 11.2. The Balaban J connectivity index is 1.22. The zero-order valence-corrected chi connectivity index (χ0v) is 18.3. The summed E-state index contributed by atoms with van der Waals surface area (Å²) in [4.78, 5) is 22.9. The van der Waals surface area contributed by atoms with Gasteiger partial charge in [-0.1, -0.05) is 18.2 Å². The minimum absolute atomic E-state index is 0.0694. The number of likely N-dealkylation sites (tertiary alicyclic amines) is 1. The SMILES string of the molecule is CO[C@H]1C[C@@H]2CN(Cc3cncn3C)C[C@@H]2C[C@@H]1NC(=O)Cc1c[nH]c2ccccc12. The Labute approximate surface area is 182 Å². The molecule has 0 radical (unpaired) electrons. The van der Waals surface area contributed by atoms with Crippen LogP contribution in [-0.4, -0.2) is 57.7 Å². The summed E-state index contributed by atoms with van der Waals surface area (Å²) in [6, 6.07) is 8.19. The molecule has 1 aromatic carbocycles. The van der Waals surface area contributed by atoms with Gasteiger partial charge in [-0.25, -0.2) is 4.98 Å². The molecule has 1 saturated carbocycles. The quantitative estimate of drug-likeness (QED) is 0.641. The topological polar surface area (TPSA) is 75.2 Å². The summed E-state index contributed by atoms with van der Waals surface area (Å²) in [7, 11) is 3.82. The number of rotatable bonds is 6. The summed E-state index contributed by atoms with van der Waals surface area (Å²) in [5.74, 6) is 1.29. The number of hydrogen-bond donors (Lipinski definition) is 2. The lowest BCUT2D eigenvalue weighted by molar-refractivity contribution is -0.123. The number of benzene rings is 1. The van der Waals surface area contributed by atoms with Crippen molar-refractivity contribution in [3.63, 3.8) is 0 Å². The molecule has 1 saturated heterocycles. The normalized spacial score (nSPS) is 26.3. The number of nitrogens with zero attached hydrogens (tertiary/aromatic N) is 3. The molecular formula is C24H31N5O2. The predicted octanol–water partition coefficient (Wildman–Crippen LogP) is 2.49. The molecule has 1 aliphatic heterocycles. The number of methoxy groups -OCH3 is 1. The number of ether oxygens (including phenoxy) is 1. The van der Waals surface area contributed by atoms with Gasteiger partial charge in [0.05, 0.1) is 30.6 Å². The van der Waals surface area contributed by atoms with Gasteiger partial charge >= 0.3 is 0 Å². The minimum atomic E-state index is 0.0694. The third kappa shape index (κ3) is 4.12. The summed E-state index contributed by atoms with van der Waals surface area (Å²) in [6.45, 7) is 3.09. The van der Waals surface area contributed by atoms with Crippen LogP contribution in [0.3, 0.4) is 0 Å². The summed E-state index contributed by atoms with van der Waals surface area (Å²) in [6.07, 6.45) is 8.20. The number of aryl methyl sites for hydroxylation is 1. The number of nitrogens with one attached hydrogen (secondary N) is 2. The number of para-hydroxylation sites is 1. The number of amides is 1. The van der Waals surface area contributed by atoms with E-state index < -0.39 is 0 Å². The molecule has 4 atom stereocenters. The maximum atomic E-state index is 12.9. The van der Waals surface area contributed by atoms with Crippen LogP contribution in [0.1, 0.15) is 24.1 Å². The van der Waals surface area contributed by atoms with Crippen LogP contribution in [0.4, 0.5) is 0 Å². The van der Waals surface area contributed by atoms with Gasteiger partial charge in [-0.3, -0.25) is 9.69 Å². The van der Waals surface area contributed by atoms with Gasteiger partial charge in [-0.2, -0.15) is 0 Å². The third-order valence-electron chi connectivity index (χ3n) is 7.17. The van der Waals surface area contributed by atoms with Crippen molar-refractivity contribution in [1.82, 2.24) is 24.8 Å². The first kappa shape index (κ1) is 20.3. The second kappa shape index (κ2) is 8.48. The van der Waals surface area contributed by atoms with Gasteiger partial charge in [0.1, 0.15) is 0 Å². The zero-order chi connectivity index (χ0) is 21.4. The molecular weight excluding hydrogens is 390 g/mol. The highest BCUT2D eigenvalue weighted by Gasteiger charge is 2.42. The molecule has 7 heteroatoms. The van der Waals surface area contributed by atoms with Crippen molar-refractivity contribution in [1.29, 1.82) is 0 Å². The van der Waals surface area contributed by atoms with E-state index in [2.05, 4.69) is 30.8 Å². The van der Waals surface area contributed by atoms with E-state index in [1.165, 1.54) is 5.69 Å². The number of carbonyl (C=O) groups is 1. The largest absolute Gasteiger partial charge is 0.379 e. The molecule has 7 nitrogen and oxygen atoms in total. The molecule has 3 aromatic rings. The maximum Gasteiger partial charge on any atom is 0.224 e. The highest BCUT2D eigenvalue weighted by atomic mass is 16.5. The second-order valence-electron chi connectivity index (χ2n) is 9.17. The van der Waals surface area contributed by atoms with Gasteiger partial charge in [0, 0.05) is 57.1 Å². The Kier molecular flexibility index (Phi) is 5.54. The Morgan fingerprint density at radius 1 is 1.26 bits per heavy atom. The molecule has 0 bridgehead atoms. The molecule has 1 aliphatic carbocycles. The highest BCUT2D eigenvalue weighted by Crippen LogP contribution is 2.38. The van der Waals surface area contributed by atoms with Crippen molar-refractivity contribution in [3.8, 4) is 0 Å². The van der Waals surface area contributed by atoms with Crippen LogP contribution in [0.2, 0.25) is 0 Å². The molecule has 1 amide bonds. The number of aromatic nitrogens is 3. The Bertz CT molecular complexity index is 1060. The molecule has 0 spiro atoms. The zero-order valence-electron chi connectivity index (χ0n) is 18.3. The molecule has 2 aromatic heterocycles. The van der Waals surface area contributed by atoms with E-state index in [1.807, 2.05) is 44.0 Å². The number of hydrogen-bond acceptors (Lipinski definition) is 4. The fourth-order valence-electron chi connectivity index (χ4n) is 5.53. The first-order valence-corrected chi connectivity index (χ1v) is 11.2. The molecule has 31 heavy (non-hydrogen) atoms. The van der Waals surface area contributed by atoms with Crippen LogP contribution in [0.15, 0.2) is 43.0 Å². The van der Waals surface area contributed by atoms with Crippen molar-refractivity contribution in [2.45, 2.75) is 38.0 Å². The van der Waals surface area contributed by atoms with Crippen LogP contribution in [0.5, 0.6) is 0 Å². The van der Waals surface area contributed by atoms with Crippen molar-refractivity contribution in [3.05, 3.63) is 54.2 Å². The molecule has 0 unspecified atom stereocenters. The number of carbonyl (C=O) groups excluding carboxylic acids is 1. The lowest BCUT2D eigenvalue weighted by atomic mass is 9.77. The minimum Gasteiger partial charge on any atom is -0.379 e. The van der Waals surface area contributed by atoms with Crippen molar-refractivity contribution in [2.24, 2.45) is 18.9 Å². The molecule has 2 N–H and O–H groups in total. The monoisotopic (exact) mass is 421 g/mol. The fraction of sp³-hybridized carbons (Fsp3) is 0.500. The Hall–Kier alpha value is -2.64. The van der Waals surface area contributed by atoms with Gasteiger partial charge in [0.25, 0.3) is 0 Å². The van der Waals surface area contributed by atoms with Crippen molar-refractivity contribution < 1.29 is 9.53 Å². The molecule has 5 rings (SSSR count). The Morgan fingerprint density at radius 3 is 2.84 bits per heavy atom. The fourth-order valence-corrected chi connectivity index (χ4v) is 5.53. The van der Waals surface area contributed by atoms with E-state index in [4.69, 9.17) is 4.74 Å². The highest BCUT2D eigenvalue weighted by molar-refractivity contribution is 5.88. The van der Waals surface area contributed by atoms with Gasteiger partial charge in [0.15, 0.2) is 0 Å². The molecule has 3 heterocycles. The smallest absolute Gasteiger partial charge is 0.224 e. The first-order chi connectivity index (χ1) is 15.1. The number of H-pyrrole nitrogens is 1. The van der Waals surface area contributed by atoms with E-state index in [9.17, 15) is 4.79 Å². The van der Waals surface area contributed by atoms with E-state index >= 15 is 0 Å². The lowest BCUT2D eigenvalue weighted by Gasteiger charge is -2.37. The summed E-state index contributed by atoms with van der Waals surface area (Å²) < 4.78 is 7.92. The maximum absolute atomic E-state index is 12.9. The Morgan fingerprint density at radius 2 is 2.06 bits per heavy atom. The van der Waals surface area contributed by atoms with Gasteiger partial charge in [0.2, 0.25) is 5.91 Å². The van der Waals surface area contributed by atoms with Gasteiger partial charge < -0.3 is 19.6 Å². The summed E-state index contributed by atoms with van der Waals surface area (Å²) in [5.41, 5.74) is 3.35. The van der Waals surface area contributed by atoms with Crippen LogP contribution in [0, 0.1) is 11.8 Å². The van der Waals surface area contributed by atoms with Crippen LogP contribution in [0.25, 0.3) is 10.9 Å². The van der Waals surface area contributed by atoms with E-state index in [-0.39, 0.29) is 18.1 Å². The molecule has 164 valence electrons. The second-order valence-corrected chi connectivity index (χ2v) is 9.17. The van der Waals surface area contributed by atoms with Gasteiger partial charge in [-0.05, 0) is 36.3 Å². The molecule has 2 fully saturated rings. The van der Waals surface area contributed by atoms with E-state index in [0.717, 1.165) is 48.9 Å². The van der Waals surface area contributed by atoms with Crippen molar-refractivity contribution in [2.75, 3.05) is 20.2 Å². The average Bonchev–Trinajstić information content (AvgIpc) is 3.47. The number of imidazole rings is 1.